The van der Waals surface area contributed by atoms with Crippen molar-refractivity contribution in [2.45, 2.75) is 44.2 Å². The highest BCUT2D eigenvalue weighted by Crippen LogP contribution is 2.19. The number of fused-ring (bicyclic) bond motifs is 1. The second-order valence-electron chi connectivity index (χ2n) is 5.48. The van der Waals surface area contributed by atoms with Gasteiger partial charge in [0.15, 0.2) is 5.58 Å². The second-order valence-corrected chi connectivity index (χ2v) is 5.48. The van der Waals surface area contributed by atoms with E-state index in [1.165, 1.54) is 0 Å². The third-order valence-corrected chi connectivity index (χ3v) is 3.92. The molecule has 1 aromatic carbocycles. The maximum absolute atomic E-state index is 12.1. The quantitative estimate of drug-likeness (QED) is 0.910. The highest BCUT2D eigenvalue weighted by molar-refractivity contribution is 5.86. The van der Waals surface area contributed by atoms with Gasteiger partial charge in [0.25, 0.3) is 0 Å². The molecule has 0 saturated heterocycles. The summed E-state index contributed by atoms with van der Waals surface area (Å²) < 4.78 is 5.21. The molecule has 21 heavy (non-hydrogen) atoms. The zero-order valence-electron chi connectivity index (χ0n) is 11.7. The lowest BCUT2D eigenvalue weighted by atomic mass is 9.92. The normalized spacial score (nSPS) is 21.8. The fourth-order valence-electron chi connectivity index (χ4n) is 2.76. The molecule has 0 atom stereocenters. The van der Waals surface area contributed by atoms with Gasteiger partial charge in [-0.05, 0) is 37.8 Å². The number of hydrogen-bond acceptors (Lipinski definition) is 4. The summed E-state index contributed by atoms with van der Waals surface area (Å²) >= 11 is 0. The highest BCUT2D eigenvalue weighted by atomic mass is 35.5. The third-order valence-electron chi connectivity index (χ3n) is 3.92. The van der Waals surface area contributed by atoms with Crippen LogP contribution in [0.4, 0.5) is 0 Å². The third kappa shape index (κ3) is 3.74. The van der Waals surface area contributed by atoms with Crippen molar-refractivity contribution in [1.82, 2.24) is 10.5 Å². The number of halogens is 1. The summed E-state index contributed by atoms with van der Waals surface area (Å²) in [6.45, 7) is 0. The Morgan fingerprint density at radius 1 is 1.29 bits per heavy atom. The van der Waals surface area contributed by atoms with Crippen LogP contribution in [-0.4, -0.2) is 23.1 Å². The van der Waals surface area contributed by atoms with Crippen LogP contribution < -0.4 is 11.1 Å². The molecule has 0 bridgehead atoms. The topological polar surface area (TPSA) is 81.1 Å². The number of nitrogens with one attached hydrogen (secondary N) is 1. The first kappa shape index (κ1) is 15.8. The Hall–Kier alpha value is -1.59. The van der Waals surface area contributed by atoms with Gasteiger partial charge in [0.2, 0.25) is 5.91 Å². The van der Waals surface area contributed by atoms with E-state index in [1.807, 2.05) is 24.3 Å². The van der Waals surface area contributed by atoms with Gasteiger partial charge in [0.05, 0.1) is 6.42 Å². The second kappa shape index (κ2) is 6.91. The predicted octanol–water partition coefficient (Wildman–Crippen LogP) is 2.18. The molecule has 0 spiro atoms. The minimum atomic E-state index is 0. The molecule has 114 valence electrons. The number of amides is 1. The zero-order chi connectivity index (χ0) is 13.9. The number of carbonyl (C=O) groups excluding carboxylic acids is 1. The van der Waals surface area contributed by atoms with Crippen molar-refractivity contribution < 1.29 is 9.32 Å². The minimum Gasteiger partial charge on any atom is -0.356 e. The number of benzene rings is 1. The molecule has 1 saturated carbocycles. The SMILES string of the molecule is Cl.NC1CCC(NC(=O)Cc2noc3ccccc23)CC1. The van der Waals surface area contributed by atoms with Gasteiger partial charge in [-0.15, -0.1) is 12.4 Å². The van der Waals surface area contributed by atoms with Gasteiger partial charge in [-0.25, -0.2) is 0 Å². The van der Waals surface area contributed by atoms with Crippen LogP contribution in [0.2, 0.25) is 0 Å². The monoisotopic (exact) mass is 309 g/mol. The number of rotatable bonds is 3. The van der Waals surface area contributed by atoms with Crippen LogP contribution in [0.5, 0.6) is 0 Å². The van der Waals surface area contributed by atoms with E-state index in [4.69, 9.17) is 10.3 Å². The van der Waals surface area contributed by atoms with E-state index in [0.29, 0.717) is 11.7 Å². The molecule has 0 unspecified atom stereocenters. The van der Waals surface area contributed by atoms with E-state index in [0.717, 1.165) is 36.7 Å². The van der Waals surface area contributed by atoms with Crippen LogP contribution >= 0.6 is 12.4 Å². The van der Waals surface area contributed by atoms with Gasteiger partial charge in [0, 0.05) is 17.5 Å². The van der Waals surface area contributed by atoms with Crippen LogP contribution in [0, 0.1) is 0 Å². The first-order chi connectivity index (χ1) is 9.72. The Bertz CT molecular complexity index is 606. The van der Waals surface area contributed by atoms with E-state index in [-0.39, 0.29) is 30.8 Å². The summed E-state index contributed by atoms with van der Waals surface area (Å²) in [6, 6.07) is 8.13. The molecular formula is C15H20ClN3O2. The van der Waals surface area contributed by atoms with E-state index in [9.17, 15) is 4.79 Å². The van der Waals surface area contributed by atoms with E-state index in [1.54, 1.807) is 0 Å². The molecule has 5 nitrogen and oxygen atoms in total. The first-order valence-electron chi connectivity index (χ1n) is 7.10. The van der Waals surface area contributed by atoms with E-state index < -0.39 is 0 Å². The van der Waals surface area contributed by atoms with Crippen LogP contribution in [0.1, 0.15) is 31.4 Å². The van der Waals surface area contributed by atoms with Crippen molar-refractivity contribution in [1.29, 1.82) is 0 Å². The lowest BCUT2D eigenvalue weighted by Crippen LogP contribution is -2.41. The van der Waals surface area contributed by atoms with Crippen molar-refractivity contribution in [2.75, 3.05) is 0 Å². The van der Waals surface area contributed by atoms with Crippen LogP contribution in [-0.2, 0) is 11.2 Å². The lowest BCUT2D eigenvalue weighted by molar-refractivity contribution is -0.121. The maximum atomic E-state index is 12.1. The zero-order valence-corrected chi connectivity index (χ0v) is 12.6. The minimum absolute atomic E-state index is 0. The summed E-state index contributed by atoms with van der Waals surface area (Å²) in [7, 11) is 0. The van der Waals surface area contributed by atoms with E-state index in [2.05, 4.69) is 10.5 Å². The molecule has 1 aliphatic rings. The molecule has 6 heteroatoms. The number of carbonyl (C=O) groups is 1. The van der Waals surface area contributed by atoms with Crippen molar-refractivity contribution in [3.05, 3.63) is 30.0 Å². The van der Waals surface area contributed by atoms with Crippen LogP contribution in [0.15, 0.2) is 28.8 Å². The number of aromatic nitrogens is 1. The fraction of sp³-hybridized carbons (Fsp3) is 0.467. The van der Waals surface area contributed by atoms with Crippen LogP contribution in [0.3, 0.4) is 0 Å². The first-order valence-corrected chi connectivity index (χ1v) is 7.10. The largest absolute Gasteiger partial charge is 0.356 e. The molecule has 1 aromatic heterocycles. The summed E-state index contributed by atoms with van der Waals surface area (Å²) in [5.74, 6) is 0.00419. The molecule has 0 radical (unpaired) electrons. The van der Waals surface area contributed by atoms with Gasteiger partial charge < -0.3 is 15.6 Å². The van der Waals surface area contributed by atoms with Gasteiger partial charge in [-0.2, -0.15) is 0 Å². The summed E-state index contributed by atoms with van der Waals surface area (Å²) in [5.41, 5.74) is 7.29. The van der Waals surface area contributed by atoms with E-state index >= 15 is 0 Å². The summed E-state index contributed by atoms with van der Waals surface area (Å²) in [4.78, 5) is 12.1. The fourth-order valence-corrected chi connectivity index (χ4v) is 2.76. The molecule has 1 fully saturated rings. The summed E-state index contributed by atoms with van der Waals surface area (Å²) in [6.07, 6.45) is 4.16. The number of hydrogen-bond donors (Lipinski definition) is 2. The highest BCUT2D eigenvalue weighted by Gasteiger charge is 2.21. The van der Waals surface area contributed by atoms with Crippen molar-refractivity contribution >= 4 is 29.3 Å². The number of nitrogens with two attached hydrogens (primary N) is 1. The molecule has 1 heterocycles. The van der Waals surface area contributed by atoms with Gasteiger partial charge in [-0.1, -0.05) is 17.3 Å². The predicted molar refractivity (Wildman–Crippen MR) is 83.3 cm³/mol. The molecule has 1 aliphatic carbocycles. The Morgan fingerprint density at radius 3 is 2.76 bits per heavy atom. The Balaban J connectivity index is 0.00000161. The smallest absolute Gasteiger partial charge is 0.226 e. The van der Waals surface area contributed by atoms with Crippen molar-refractivity contribution in [2.24, 2.45) is 5.73 Å². The Morgan fingerprint density at radius 2 is 2.00 bits per heavy atom. The van der Waals surface area contributed by atoms with Crippen LogP contribution in [0.25, 0.3) is 11.0 Å². The molecule has 3 N–H and O–H groups in total. The molecule has 3 rings (SSSR count). The Kier molecular flexibility index (Phi) is 5.20. The molecule has 2 aromatic rings. The van der Waals surface area contributed by atoms with Crippen molar-refractivity contribution in [3.8, 4) is 0 Å². The summed E-state index contributed by atoms with van der Waals surface area (Å²) in [5, 5.41) is 7.96. The number of para-hydroxylation sites is 1. The van der Waals surface area contributed by atoms with Gasteiger partial charge >= 0.3 is 0 Å². The lowest BCUT2D eigenvalue weighted by Gasteiger charge is -2.26. The van der Waals surface area contributed by atoms with Crippen molar-refractivity contribution in [3.63, 3.8) is 0 Å². The molecule has 1 amide bonds. The maximum Gasteiger partial charge on any atom is 0.226 e. The average molecular weight is 310 g/mol. The average Bonchev–Trinajstić information content (AvgIpc) is 2.85. The Labute approximate surface area is 129 Å². The number of nitrogens with zero attached hydrogens (tertiary/aromatic N) is 1. The standard InChI is InChI=1S/C15H19N3O2.ClH/c16-10-5-7-11(8-6-10)17-15(19)9-13-12-3-1-2-4-14(12)20-18-13;/h1-4,10-11H,5-9,16H2,(H,17,19);1H. The van der Waals surface area contributed by atoms with Gasteiger partial charge in [-0.3, -0.25) is 4.79 Å². The molecular weight excluding hydrogens is 290 g/mol. The van der Waals surface area contributed by atoms with Gasteiger partial charge in [0.1, 0.15) is 5.69 Å². The molecule has 0 aliphatic heterocycles.